The summed E-state index contributed by atoms with van der Waals surface area (Å²) in [4.78, 5) is 0. The molecule has 0 saturated heterocycles. The van der Waals surface area contributed by atoms with Gasteiger partial charge in [-0.15, -0.1) is 6.58 Å². The summed E-state index contributed by atoms with van der Waals surface area (Å²) in [5, 5.41) is 4.51. The average Bonchev–Trinajstić information content (AvgIpc) is 3.10. The highest BCUT2D eigenvalue weighted by molar-refractivity contribution is 7.00. The van der Waals surface area contributed by atoms with Gasteiger partial charge in [0, 0.05) is 6.42 Å². The van der Waals surface area contributed by atoms with Gasteiger partial charge in [-0.25, -0.2) is 0 Å². The topological polar surface area (TPSA) is 27.7 Å². The number of hydrogen-bond donors (Lipinski definition) is 0. The molecule has 0 N–H and O–H groups in total. The zero-order chi connectivity index (χ0) is 35.3. The van der Waals surface area contributed by atoms with Crippen molar-refractivity contribution in [3.63, 3.8) is 0 Å². The molecule has 0 amide bonds. The summed E-state index contributed by atoms with van der Waals surface area (Å²) in [7, 11) is -5.93. The Hall–Kier alpha value is -3.59. The van der Waals surface area contributed by atoms with E-state index in [1.807, 2.05) is 6.08 Å². The first-order valence-corrected chi connectivity index (χ1v) is 21.4. The molecule has 1 aliphatic rings. The standard InChI is InChI=1S/C44H54O3Si2/c1-10-32-45-42-40(46-48(43(4,5)6,36-24-16-12-17-25-36)37-26-18-13-19-27-37)33-35(11-2)34(3)41(42)47-49(44(7,8)9,38-28-20-14-21-29-38)39-30-22-15-23-31-39/h10-31,40-42H,1,3,32-33H2,2,4-9H3. The van der Waals surface area contributed by atoms with Gasteiger partial charge in [-0.3, -0.25) is 0 Å². The van der Waals surface area contributed by atoms with E-state index in [0.717, 1.165) is 11.1 Å². The van der Waals surface area contributed by atoms with Crippen LogP contribution < -0.4 is 20.7 Å². The SMILES string of the molecule is C=CCOC1C(O[Si](c2ccccc2)(c2ccccc2)C(C)(C)C)CC(=CC)C(=C)C1O[Si](c1ccccc1)(c1ccccc1)C(C)(C)C. The summed E-state index contributed by atoms with van der Waals surface area (Å²) in [5.41, 5.74) is 2.12. The highest BCUT2D eigenvalue weighted by atomic mass is 28.4. The number of benzene rings is 4. The van der Waals surface area contributed by atoms with Crippen LogP contribution in [0.15, 0.2) is 158 Å². The third kappa shape index (κ3) is 7.06. The zero-order valence-corrected chi connectivity index (χ0v) is 32.5. The Morgan fingerprint density at radius 3 is 1.33 bits per heavy atom. The average molecular weight is 687 g/mol. The number of allylic oxidation sites excluding steroid dienone is 1. The Labute approximate surface area is 297 Å². The van der Waals surface area contributed by atoms with Crippen LogP contribution in [0.5, 0.6) is 0 Å². The quantitative estimate of drug-likeness (QED) is 0.117. The Balaban J connectivity index is 1.74. The Morgan fingerprint density at radius 1 is 0.633 bits per heavy atom. The maximum absolute atomic E-state index is 7.89. The van der Waals surface area contributed by atoms with Gasteiger partial charge >= 0.3 is 0 Å². The second-order valence-electron chi connectivity index (χ2n) is 15.2. The van der Waals surface area contributed by atoms with Crippen LogP contribution >= 0.6 is 0 Å². The summed E-state index contributed by atoms with van der Waals surface area (Å²) in [6.07, 6.45) is 3.53. The van der Waals surface area contributed by atoms with Crippen molar-refractivity contribution in [1.29, 1.82) is 0 Å². The summed E-state index contributed by atoms with van der Waals surface area (Å²) in [5.74, 6) is 0. The minimum Gasteiger partial charge on any atom is -0.401 e. The van der Waals surface area contributed by atoms with E-state index < -0.39 is 28.8 Å². The van der Waals surface area contributed by atoms with Crippen molar-refractivity contribution in [2.75, 3.05) is 6.61 Å². The van der Waals surface area contributed by atoms with E-state index in [1.165, 1.54) is 20.7 Å². The number of ether oxygens (including phenoxy) is 1. The normalized spacial score (nSPS) is 19.9. The molecule has 4 aromatic rings. The zero-order valence-electron chi connectivity index (χ0n) is 30.5. The summed E-state index contributed by atoms with van der Waals surface area (Å²) < 4.78 is 22.6. The van der Waals surface area contributed by atoms with Crippen molar-refractivity contribution in [1.82, 2.24) is 0 Å². The lowest BCUT2D eigenvalue weighted by atomic mass is 9.84. The van der Waals surface area contributed by atoms with Crippen LogP contribution in [0.25, 0.3) is 0 Å². The molecular weight excluding hydrogens is 633 g/mol. The summed E-state index contributed by atoms with van der Waals surface area (Å²) in [6.45, 7) is 25.2. The predicted octanol–water partition coefficient (Wildman–Crippen LogP) is 8.35. The highest BCUT2D eigenvalue weighted by Gasteiger charge is 2.57. The first kappa shape index (κ1) is 36.7. The molecule has 0 aromatic heterocycles. The molecule has 0 aliphatic heterocycles. The Bertz CT molecular complexity index is 1630. The van der Waals surface area contributed by atoms with Gasteiger partial charge in [-0.1, -0.05) is 182 Å². The van der Waals surface area contributed by atoms with Gasteiger partial charge in [-0.2, -0.15) is 0 Å². The molecule has 3 atom stereocenters. The van der Waals surface area contributed by atoms with Crippen molar-refractivity contribution >= 4 is 37.4 Å². The number of hydrogen-bond acceptors (Lipinski definition) is 3. The first-order chi connectivity index (χ1) is 23.4. The molecule has 1 fully saturated rings. The molecule has 1 aliphatic carbocycles. The van der Waals surface area contributed by atoms with Gasteiger partial charge in [0.2, 0.25) is 0 Å². The maximum Gasteiger partial charge on any atom is 0.262 e. The smallest absolute Gasteiger partial charge is 0.262 e. The van der Waals surface area contributed by atoms with Crippen molar-refractivity contribution < 1.29 is 13.6 Å². The summed E-state index contributed by atoms with van der Waals surface area (Å²) >= 11 is 0. The van der Waals surface area contributed by atoms with Crippen LogP contribution in [0.3, 0.4) is 0 Å². The second kappa shape index (κ2) is 15.1. The van der Waals surface area contributed by atoms with Gasteiger partial charge in [0.25, 0.3) is 16.6 Å². The Kier molecular flexibility index (Phi) is 11.3. The van der Waals surface area contributed by atoms with E-state index in [4.69, 9.17) is 20.2 Å². The largest absolute Gasteiger partial charge is 0.401 e. The van der Waals surface area contributed by atoms with Gasteiger partial charge in [0.05, 0.1) is 18.8 Å². The van der Waals surface area contributed by atoms with Gasteiger partial charge in [0.15, 0.2) is 0 Å². The minimum atomic E-state index is -2.99. The van der Waals surface area contributed by atoms with E-state index in [1.54, 1.807) is 0 Å². The van der Waals surface area contributed by atoms with Crippen LogP contribution in [0.1, 0.15) is 54.9 Å². The van der Waals surface area contributed by atoms with Crippen LogP contribution in [0, 0.1) is 0 Å². The lowest BCUT2D eigenvalue weighted by Crippen LogP contribution is -2.71. The van der Waals surface area contributed by atoms with Crippen LogP contribution in [0.2, 0.25) is 10.1 Å². The Morgan fingerprint density at radius 2 is 1.00 bits per heavy atom. The van der Waals surface area contributed by atoms with Crippen molar-refractivity contribution in [2.45, 2.75) is 83.3 Å². The molecule has 0 heterocycles. The van der Waals surface area contributed by atoms with Crippen molar-refractivity contribution in [2.24, 2.45) is 0 Å². The fourth-order valence-electron chi connectivity index (χ4n) is 7.76. The summed E-state index contributed by atoms with van der Waals surface area (Å²) in [6, 6.07) is 43.3. The molecule has 4 aromatic carbocycles. The molecule has 5 heteroatoms. The molecule has 0 bridgehead atoms. The van der Waals surface area contributed by atoms with Gasteiger partial charge in [-0.05, 0) is 48.9 Å². The van der Waals surface area contributed by atoms with E-state index >= 15 is 0 Å². The number of rotatable bonds is 11. The third-order valence-electron chi connectivity index (χ3n) is 10.1. The van der Waals surface area contributed by atoms with Crippen molar-refractivity contribution in [3.05, 3.63) is 158 Å². The minimum absolute atomic E-state index is 0.197. The lowest BCUT2D eigenvalue weighted by molar-refractivity contribution is -0.0758. The predicted molar refractivity (Wildman–Crippen MR) is 212 cm³/mol. The fourth-order valence-corrected chi connectivity index (χ4v) is 17.1. The molecule has 5 rings (SSSR count). The van der Waals surface area contributed by atoms with Gasteiger partial charge < -0.3 is 13.6 Å². The van der Waals surface area contributed by atoms with Crippen LogP contribution in [0.4, 0.5) is 0 Å². The van der Waals surface area contributed by atoms with Gasteiger partial charge in [0.1, 0.15) is 6.10 Å². The van der Waals surface area contributed by atoms with Crippen molar-refractivity contribution in [3.8, 4) is 0 Å². The van der Waals surface area contributed by atoms with E-state index in [2.05, 4.69) is 182 Å². The molecule has 1 saturated carbocycles. The fraction of sp³-hybridized carbons (Fsp3) is 0.318. The molecule has 0 spiro atoms. The molecular formula is C44H54O3Si2. The monoisotopic (exact) mass is 686 g/mol. The molecule has 3 unspecified atom stereocenters. The van der Waals surface area contributed by atoms with E-state index in [-0.39, 0.29) is 16.2 Å². The highest BCUT2D eigenvalue weighted by Crippen LogP contribution is 2.45. The second-order valence-corrected chi connectivity index (χ2v) is 23.7. The first-order valence-electron chi connectivity index (χ1n) is 17.5. The maximum atomic E-state index is 7.89. The molecule has 0 radical (unpaired) electrons. The lowest BCUT2D eigenvalue weighted by Gasteiger charge is -2.52. The molecule has 3 nitrogen and oxygen atoms in total. The van der Waals surface area contributed by atoms with E-state index in [9.17, 15) is 0 Å². The third-order valence-corrected chi connectivity index (χ3v) is 20.1. The van der Waals surface area contributed by atoms with Crippen LogP contribution in [-0.4, -0.2) is 41.6 Å². The van der Waals surface area contributed by atoms with Crippen LogP contribution in [-0.2, 0) is 13.6 Å². The van der Waals surface area contributed by atoms with E-state index in [0.29, 0.717) is 13.0 Å². The molecule has 49 heavy (non-hydrogen) atoms. The molecule has 256 valence electrons.